The van der Waals surface area contributed by atoms with Crippen LogP contribution in [0.4, 0.5) is 13.2 Å². The molecule has 2 aromatic rings. The van der Waals surface area contributed by atoms with E-state index in [9.17, 15) is 13.2 Å². The minimum absolute atomic E-state index is 0.151. The minimum Gasteiger partial charge on any atom is -0.216 e. The van der Waals surface area contributed by atoms with Crippen LogP contribution in [0, 0.1) is 0 Å². The number of hydrogen-bond acceptors (Lipinski definition) is 2. The summed E-state index contributed by atoms with van der Waals surface area (Å²) in [6.45, 7) is 1.88. The van der Waals surface area contributed by atoms with E-state index in [0.29, 0.717) is 12.1 Å². The number of aryl methyl sites for hydroxylation is 1. The molecule has 2 heterocycles. The van der Waals surface area contributed by atoms with Crippen molar-refractivity contribution < 1.29 is 13.2 Å². The zero-order valence-corrected chi connectivity index (χ0v) is 10.7. The lowest BCUT2D eigenvalue weighted by Gasteiger charge is -2.10. The van der Waals surface area contributed by atoms with Gasteiger partial charge < -0.3 is 0 Å². The maximum Gasteiger partial charge on any atom is 0.393 e. The summed E-state index contributed by atoms with van der Waals surface area (Å²) in [7, 11) is 0. The summed E-state index contributed by atoms with van der Waals surface area (Å²) in [4.78, 5) is 3.93. The van der Waals surface area contributed by atoms with Gasteiger partial charge in [-0.1, -0.05) is 30.1 Å². The molecule has 0 N–H and O–H groups in total. The monoisotopic (exact) mass is 297 g/mol. The van der Waals surface area contributed by atoms with Crippen molar-refractivity contribution in [1.29, 1.82) is 0 Å². The first-order chi connectivity index (χ1) is 8.33. The standard InChI is InChI=1S/C10H8Cl2F3N3/c1-2-5-4-16-18-8(12)6(3-10(13,14)15)7(11)17-9(5)18/h4H,2-3H2,1H3. The Morgan fingerprint density at radius 1 is 1.33 bits per heavy atom. The summed E-state index contributed by atoms with van der Waals surface area (Å²) in [5, 5.41) is 3.53. The molecule has 0 aliphatic rings. The molecule has 0 saturated carbocycles. The van der Waals surface area contributed by atoms with Crippen LogP contribution in [0.2, 0.25) is 10.3 Å². The van der Waals surface area contributed by atoms with E-state index in [4.69, 9.17) is 23.2 Å². The van der Waals surface area contributed by atoms with Gasteiger partial charge >= 0.3 is 6.18 Å². The van der Waals surface area contributed by atoms with Crippen molar-refractivity contribution in [3.8, 4) is 0 Å². The minimum atomic E-state index is -4.40. The van der Waals surface area contributed by atoms with Gasteiger partial charge in [0.25, 0.3) is 0 Å². The first kappa shape index (κ1) is 13.4. The lowest BCUT2D eigenvalue weighted by atomic mass is 10.2. The Labute approximate surface area is 111 Å². The Balaban J connectivity index is 2.63. The van der Waals surface area contributed by atoms with Crippen LogP contribution in [-0.2, 0) is 12.8 Å². The average molecular weight is 298 g/mol. The molecule has 0 atom stereocenters. The fourth-order valence-corrected chi connectivity index (χ4v) is 2.17. The molecule has 0 saturated heterocycles. The fraction of sp³-hybridized carbons (Fsp3) is 0.400. The van der Waals surface area contributed by atoms with E-state index in [0.717, 1.165) is 5.56 Å². The lowest BCUT2D eigenvalue weighted by Crippen LogP contribution is -2.14. The SMILES string of the molecule is CCc1cnn2c(Cl)c(CC(F)(F)F)c(Cl)nc12. The lowest BCUT2D eigenvalue weighted by molar-refractivity contribution is -0.127. The molecule has 0 bridgehead atoms. The molecule has 0 fully saturated rings. The van der Waals surface area contributed by atoms with Crippen molar-refractivity contribution in [2.45, 2.75) is 25.9 Å². The summed E-state index contributed by atoms with van der Waals surface area (Å²) >= 11 is 11.7. The van der Waals surface area contributed by atoms with Crippen LogP contribution < -0.4 is 0 Å². The molecule has 2 rings (SSSR count). The molecule has 98 valence electrons. The van der Waals surface area contributed by atoms with Gasteiger partial charge in [0.1, 0.15) is 10.3 Å². The maximum atomic E-state index is 12.4. The largest absolute Gasteiger partial charge is 0.393 e. The fourth-order valence-electron chi connectivity index (χ4n) is 1.61. The van der Waals surface area contributed by atoms with Crippen LogP contribution in [0.1, 0.15) is 18.1 Å². The molecule has 0 spiro atoms. The van der Waals surface area contributed by atoms with Crippen molar-refractivity contribution in [2.24, 2.45) is 0 Å². The van der Waals surface area contributed by atoms with Gasteiger partial charge in [0.15, 0.2) is 5.65 Å². The maximum absolute atomic E-state index is 12.4. The molecule has 0 aliphatic carbocycles. The predicted octanol–water partition coefficient (Wildman–Crippen LogP) is 3.70. The molecule has 0 aromatic carbocycles. The van der Waals surface area contributed by atoms with Crippen LogP contribution in [0.3, 0.4) is 0 Å². The highest BCUT2D eigenvalue weighted by Crippen LogP contribution is 2.31. The third kappa shape index (κ3) is 2.40. The van der Waals surface area contributed by atoms with Gasteiger partial charge in [0.2, 0.25) is 0 Å². The zero-order valence-electron chi connectivity index (χ0n) is 9.22. The van der Waals surface area contributed by atoms with E-state index in [-0.39, 0.29) is 15.9 Å². The first-order valence-electron chi connectivity index (χ1n) is 5.10. The van der Waals surface area contributed by atoms with Gasteiger partial charge in [0, 0.05) is 11.1 Å². The second-order valence-electron chi connectivity index (χ2n) is 3.72. The molecule has 3 nitrogen and oxygen atoms in total. The molecule has 0 radical (unpaired) electrons. The van der Waals surface area contributed by atoms with Crippen molar-refractivity contribution in [1.82, 2.24) is 14.6 Å². The zero-order chi connectivity index (χ0) is 13.5. The highest BCUT2D eigenvalue weighted by molar-refractivity contribution is 6.34. The smallest absolute Gasteiger partial charge is 0.216 e. The van der Waals surface area contributed by atoms with E-state index in [2.05, 4.69) is 10.1 Å². The number of rotatable bonds is 2. The quantitative estimate of drug-likeness (QED) is 0.791. The topological polar surface area (TPSA) is 30.2 Å². The van der Waals surface area contributed by atoms with E-state index >= 15 is 0 Å². The number of hydrogen-bond donors (Lipinski definition) is 0. The highest BCUT2D eigenvalue weighted by atomic mass is 35.5. The Morgan fingerprint density at radius 3 is 2.56 bits per heavy atom. The molecule has 18 heavy (non-hydrogen) atoms. The molecule has 0 aliphatic heterocycles. The summed E-state index contributed by atoms with van der Waals surface area (Å²) < 4.78 is 38.4. The van der Waals surface area contributed by atoms with Crippen molar-refractivity contribution in [3.05, 3.63) is 27.6 Å². The van der Waals surface area contributed by atoms with Crippen LogP contribution in [0.15, 0.2) is 6.20 Å². The van der Waals surface area contributed by atoms with Crippen molar-refractivity contribution in [3.63, 3.8) is 0 Å². The van der Waals surface area contributed by atoms with Gasteiger partial charge in [-0.05, 0) is 6.42 Å². The highest BCUT2D eigenvalue weighted by Gasteiger charge is 2.31. The van der Waals surface area contributed by atoms with Gasteiger partial charge in [-0.25, -0.2) is 9.50 Å². The Bertz CT molecular complexity index is 592. The molecule has 0 unspecified atom stereocenters. The van der Waals surface area contributed by atoms with E-state index in [1.165, 1.54) is 10.7 Å². The van der Waals surface area contributed by atoms with Gasteiger partial charge in [-0.3, -0.25) is 0 Å². The average Bonchev–Trinajstić information content (AvgIpc) is 2.65. The Morgan fingerprint density at radius 2 is 2.00 bits per heavy atom. The van der Waals surface area contributed by atoms with Crippen molar-refractivity contribution in [2.75, 3.05) is 0 Å². The number of aromatic nitrogens is 3. The van der Waals surface area contributed by atoms with Crippen LogP contribution in [0.25, 0.3) is 5.65 Å². The van der Waals surface area contributed by atoms with Crippen LogP contribution in [-0.4, -0.2) is 20.8 Å². The second-order valence-corrected chi connectivity index (χ2v) is 4.44. The van der Waals surface area contributed by atoms with Gasteiger partial charge in [-0.15, -0.1) is 0 Å². The van der Waals surface area contributed by atoms with Crippen LogP contribution in [0.5, 0.6) is 0 Å². The third-order valence-electron chi connectivity index (χ3n) is 2.46. The first-order valence-corrected chi connectivity index (χ1v) is 5.86. The molecule has 8 heteroatoms. The summed E-state index contributed by atoms with van der Waals surface area (Å²) in [5.41, 5.74) is 0.903. The van der Waals surface area contributed by atoms with Gasteiger partial charge in [-0.2, -0.15) is 18.3 Å². The number of halogens is 5. The van der Waals surface area contributed by atoms with Gasteiger partial charge in [0.05, 0.1) is 12.6 Å². The Hall–Kier alpha value is -1.01. The van der Waals surface area contributed by atoms with Crippen LogP contribution >= 0.6 is 23.2 Å². The molecule has 0 amide bonds. The number of nitrogens with zero attached hydrogens (tertiary/aromatic N) is 3. The molecule has 2 aromatic heterocycles. The Kier molecular flexibility index (Phi) is 3.42. The number of alkyl halides is 3. The van der Waals surface area contributed by atoms with E-state index < -0.39 is 12.6 Å². The normalized spacial score (nSPS) is 12.3. The second kappa shape index (κ2) is 4.59. The third-order valence-corrected chi connectivity index (χ3v) is 3.16. The summed E-state index contributed by atoms with van der Waals surface area (Å²) in [6, 6.07) is 0. The van der Waals surface area contributed by atoms with E-state index in [1.807, 2.05) is 6.92 Å². The predicted molar refractivity (Wildman–Crippen MR) is 62.1 cm³/mol. The number of fused-ring (bicyclic) bond motifs is 1. The van der Waals surface area contributed by atoms with Crippen molar-refractivity contribution >= 4 is 28.8 Å². The molecular weight excluding hydrogens is 290 g/mol. The summed E-state index contributed by atoms with van der Waals surface area (Å²) in [6.07, 6.45) is -3.47. The van der Waals surface area contributed by atoms with E-state index in [1.54, 1.807) is 0 Å². The molecular formula is C10H8Cl2F3N3. The summed E-state index contributed by atoms with van der Waals surface area (Å²) in [5.74, 6) is 0.